The fourth-order valence-corrected chi connectivity index (χ4v) is 3.07. The fourth-order valence-electron chi connectivity index (χ4n) is 3.07. The Kier molecular flexibility index (Phi) is 4.51. The number of pyridine rings is 1. The largest absolute Gasteiger partial charge is 0.383 e. The molecule has 138 valence electrons. The van der Waals surface area contributed by atoms with Crippen molar-refractivity contribution in [1.29, 1.82) is 0 Å². The third-order valence-corrected chi connectivity index (χ3v) is 4.40. The SMILES string of the molecule is COCCn1c([C@@H](C)NC(=O)c2ccn3nnnc3c2)nc2ccccc21. The van der Waals surface area contributed by atoms with Gasteiger partial charge in [-0.2, -0.15) is 0 Å². The second kappa shape index (κ2) is 7.12. The number of hydrogen-bond donors (Lipinski definition) is 1. The maximum Gasteiger partial charge on any atom is 0.252 e. The smallest absolute Gasteiger partial charge is 0.252 e. The number of benzene rings is 1. The molecule has 0 aliphatic carbocycles. The van der Waals surface area contributed by atoms with Crippen LogP contribution in [0.1, 0.15) is 29.1 Å². The summed E-state index contributed by atoms with van der Waals surface area (Å²) in [6.07, 6.45) is 1.66. The number of tetrazole rings is 1. The molecular formula is C18H19N7O2. The van der Waals surface area contributed by atoms with Crippen LogP contribution in [-0.2, 0) is 11.3 Å². The number of rotatable bonds is 6. The molecule has 27 heavy (non-hydrogen) atoms. The summed E-state index contributed by atoms with van der Waals surface area (Å²) in [7, 11) is 1.67. The van der Waals surface area contributed by atoms with Gasteiger partial charge in [0.2, 0.25) is 0 Å². The maximum atomic E-state index is 12.7. The summed E-state index contributed by atoms with van der Waals surface area (Å²) < 4.78 is 8.81. The fraction of sp³-hybridized carbons (Fsp3) is 0.278. The molecular weight excluding hydrogens is 346 g/mol. The van der Waals surface area contributed by atoms with Crippen molar-refractivity contribution in [3.8, 4) is 0 Å². The first-order valence-corrected chi connectivity index (χ1v) is 8.60. The highest BCUT2D eigenvalue weighted by molar-refractivity contribution is 5.95. The Morgan fingerprint density at radius 2 is 2.15 bits per heavy atom. The molecule has 0 saturated carbocycles. The van der Waals surface area contributed by atoms with Crippen molar-refractivity contribution in [2.24, 2.45) is 0 Å². The highest BCUT2D eigenvalue weighted by atomic mass is 16.5. The van der Waals surface area contributed by atoms with Crippen LogP contribution in [0.3, 0.4) is 0 Å². The van der Waals surface area contributed by atoms with E-state index < -0.39 is 0 Å². The molecule has 4 aromatic rings. The average Bonchev–Trinajstić information content (AvgIpc) is 3.30. The van der Waals surface area contributed by atoms with E-state index in [0.29, 0.717) is 24.4 Å². The van der Waals surface area contributed by atoms with Gasteiger partial charge in [0.25, 0.3) is 5.91 Å². The molecule has 0 aliphatic heterocycles. The Labute approximate surface area is 155 Å². The number of nitrogens with one attached hydrogen (secondary N) is 1. The van der Waals surface area contributed by atoms with E-state index >= 15 is 0 Å². The van der Waals surface area contributed by atoms with Gasteiger partial charge in [0.1, 0.15) is 5.82 Å². The van der Waals surface area contributed by atoms with Gasteiger partial charge in [0, 0.05) is 25.4 Å². The highest BCUT2D eigenvalue weighted by Gasteiger charge is 2.19. The third kappa shape index (κ3) is 3.24. The minimum Gasteiger partial charge on any atom is -0.383 e. The molecule has 4 rings (SSSR count). The number of amides is 1. The molecule has 1 aromatic carbocycles. The Bertz CT molecular complexity index is 1100. The van der Waals surface area contributed by atoms with Crippen LogP contribution in [0, 0.1) is 0 Å². The van der Waals surface area contributed by atoms with Crippen LogP contribution in [0.4, 0.5) is 0 Å². The lowest BCUT2D eigenvalue weighted by molar-refractivity contribution is 0.0937. The molecule has 0 bridgehead atoms. The van der Waals surface area contributed by atoms with E-state index in [1.165, 1.54) is 4.52 Å². The van der Waals surface area contributed by atoms with Gasteiger partial charge in [-0.3, -0.25) is 4.79 Å². The monoisotopic (exact) mass is 365 g/mol. The second-order valence-electron chi connectivity index (χ2n) is 6.20. The van der Waals surface area contributed by atoms with Crippen molar-refractivity contribution >= 4 is 22.6 Å². The number of hydrogen-bond acceptors (Lipinski definition) is 6. The third-order valence-electron chi connectivity index (χ3n) is 4.40. The van der Waals surface area contributed by atoms with Gasteiger partial charge >= 0.3 is 0 Å². The predicted molar refractivity (Wildman–Crippen MR) is 98.3 cm³/mol. The lowest BCUT2D eigenvalue weighted by Crippen LogP contribution is -2.29. The summed E-state index contributed by atoms with van der Waals surface area (Å²) in [5, 5.41) is 14.2. The molecule has 1 atom stereocenters. The van der Waals surface area contributed by atoms with Crippen molar-refractivity contribution in [3.05, 3.63) is 54.0 Å². The summed E-state index contributed by atoms with van der Waals surface area (Å²) in [6, 6.07) is 10.9. The van der Waals surface area contributed by atoms with Crippen LogP contribution in [0.5, 0.6) is 0 Å². The summed E-state index contributed by atoms with van der Waals surface area (Å²) in [4.78, 5) is 17.4. The number of methoxy groups -OCH3 is 1. The van der Waals surface area contributed by atoms with Gasteiger partial charge in [0.05, 0.1) is 23.7 Å². The van der Waals surface area contributed by atoms with Gasteiger partial charge in [0.15, 0.2) is 5.65 Å². The number of imidazole rings is 1. The number of carbonyl (C=O) groups excluding carboxylic acids is 1. The molecule has 0 fully saturated rings. The maximum absolute atomic E-state index is 12.7. The second-order valence-corrected chi connectivity index (χ2v) is 6.20. The van der Waals surface area contributed by atoms with E-state index in [-0.39, 0.29) is 11.9 Å². The van der Waals surface area contributed by atoms with Gasteiger partial charge in [-0.1, -0.05) is 12.1 Å². The summed E-state index contributed by atoms with van der Waals surface area (Å²) in [5.41, 5.74) is 2.91. The molecule has 0 spiro atoms. The molecule has 0 aliphatic rings. The first-order chi connectivity index (χ1) is 13.2. The van der Waals surface area contributed by atoms with Crippen LogP contribution >= 0.6 is 0 Å². The van der Waals surface area contributed by atoms with Crippen molar-refractivity contribution < 1.29 is 9.53 Å². The number of nitrogens with zero attached hydrogens (tertiary/aromatic N) is 6. The van der Waals surface area contributed by atoms with Gasteiger partial charge in [-0.05, 0) is 41.6 Å². The van der Waals surface area contributed by atoms with Crippen LogP contribution in [0.2, 0.25) is 0 Å². The van der Waals surface area contributed by atoms with Crippen molar-refractivity contribution in [2.75, 3.05) is 13.7 Å². The molecule has 1 amide bonds. The first kappa shape index (κ1) is 17.1. The van der Waals surface area contributed by atoms with E-state index in [1.807, 2.05) is 31.2 Å². The molecule has 3 heterocycles. The molecule has 9 heteroatoms. The van der Waals surface area contributed by atoms with Crippen molar-refractivity contribution in [3.63, 3.8) is 0 Å². The van der Waals surface area contributed by atoms with Crippen LogP contribution < -0.4 is 5.32 Å². The normalized spacial score (nSPS) is 12.5. The molecule has 9 nitrogen and oxygen atoms in total. The number of aromatic nitrogens is 6. The van der Waals surface area contributed by atoms with Gasteiger partial charge in [-0.15, -0.1) is 5.10 Å². The van der Waals surface area contributed by atoms with Crippen LogP contribution in [-0.4, -0.2) is 49.2 Å². The van der Waals surface area contributed by atoms with E-state index in [1.54, 1.807) is 25.4 Å². The molecule has 0 saturated heterocycles. The predicted octanol–water partition coefficient (Wildman–Crippen LogP) is 1.61. The zero-order chi connectivity index (χ0) is 18.8. The minimum atomic E-state index is -0.283. The zero-order valence-corrected chi connectivity index (χ0v) is 15.0. The lowest BCUT2D eigenvalue weighted by Gasteiger charge is -2.16. The molecule has 0 radical (unpaired) electrons. The average molecular weight is 365 g/mol. The Morgan fingerprint density at radius 1 is 1.30 bits per heavy atom. The zero-order valence-electron chi connectivity index (χ0n) is 15.0. The number of ether oxygens (including phenoxy) is 1. The van der Waals surface area contributed by atoms with Crippen LogP contribution in [0.15, 0.2) is 42.6 Å². The number of fused-ring (bicyclic) bond motifs is 2. The van der Waals surface area contributed by atoms with Crippen molar-refractivity contribution in [2.45, 2.75) is 19.5 Å². The summed E-state index contributed by atoms with van der Waals surface area (Å²) >= 11 is 0. The molecule has 0 unspecified atom stereocenters. The van der Waals surface area contributed by atoms with E-state index in [4.69, 9.17) is 9.72 Å². The van der Waals surface area contributed by atoms with E-state index in [9.17, 15) is 4.79 Å². The van der Waals surface area contributed by atoms with Gasteiger partial charge < -0.3 is 14.6 Å². The van der Waals surface area contributed by atoms with Crippen LogP contribution in [0.25, 0.3) is 16.7 Å². The summed E-state index contributed by atoms with van der Waals surface area (Å²) in [5.74, 6) is 0.574. The molecule has 3 aromatic heterocycles. The Morgan fingerprint density at radius 3 is 3.00 bits per heavy atom. The van der Waals surface area contributed by atoms with Crippen molar-refractivity contribution in [1.82, 2.24) is 34.9 Å². The standard InChI is InChI=1S/C18H19N7O2/c1-12(19-18(26)13-7-8-25-16(11-13)21-22-23-25)17-20-14-5-3-4-6-15(14)24(17)9-10-27-2/h3-8,11-12H,9-10H2,1-2H3,(H,19,26)/t12-/m1/s1. The number of para-hydroxylation sites is 2. The number of carbonyl (C=O) groups is 1. The Hall–Kier alpha value is -3.33. The van der Waals surface area contributed by atoms with Gasteiger partial charge in [-0.25, -0.2) is 9.50 Å². The van der Waals surface area contributed by atoms with E-state index in [2.05, 4.69) is 25.4 Å². The summed E-state index contributed by atoms with van der Waals surface area (Å²) in [6.45, 7) is 3.13. The van der Waals surface area contributed by atoms with E-state index in [0.717, 1.165) is 16.9 Å². The first-order valence-electron chi connectivity index (χ1n) is 8.60. The highest BCUT2D eigenvalue weighted by Crippen LogP contribution is 2.21. The topological polar surface area (TPSA) is 99.2 Å². The molecule has 1 N–H and O–H groups in total. The lowest BCUT2D eigenvalue weighted by atomic mass is 10.2. The minimum absolute atomic E-state index is 0.210. The Balaban J connectivity index is 1.61. The quantitative estimate of drug-likeness (QED) is 0.557.